The topological polar surface area (TPSA) is 151 Å². The molecule has 0 spiro atoms. The molecule has 6 aliphatic rings. The molecule has 18 rings (SSSR count). The van der Waals surface area contributed by atoms with Crippen LogP contribution in [0.5, 0.6) is 5.75 Å². The van der Waals surface area contributed by atoms with Gasteiger partial charge < -0.3 is 69.9 Å². The van der Waals surface area contributed by atoms with Crippen molar-refractivity contribution in [3.63, 3.8) is 0 Å². The molecule has 122 heavy (non-hydrogen) atoms. The first-order valence-corrected chi connectivity index (χ1v) is 46.7. The van der Waals surface area contributed by atoms with Crippen LogP contribution in [0.4, 0.5) is 4.79 Å². The van der Waals surface area contributed by atoms with Crippen molar-refractivity contribution in [3.8, 4) is 5.75 Å². The molecular weight excluding hydrogens is 1660 g/mol. The second-order valence-electron chi connectivity index (χ2n) is 34.7. The highest BCUT2D eigenvalue weighted by Crippen LogP contribution is 2.46. The molecule has 2 fully saturated rings. The van der Waals surface area contributed by atoms with Crippen LogP contribution in [0.1, 0.15) is 240 Å². The van der Waals surface area contributed by atoms with E-state index in [1.54, 1.807) is 7.11 Å². The third-order valence-electron chi connectivity index (χ3n) is 25.3. The van der Waals surface area contributed by atoms with Gasteiger partial charge in [-0.2, -0.15) is 0 Å². The largest absolute Gasteiger partial charge is 0.497 e. The van der Waals surface area contributed by atoms with Crippen LogP contribution in [0.3, 0.4) is 0 Å². The highest BCUT2D eigenvalue weighted by atomic mass is 35.5. The maximum absolute atomic E-state index is 13.5. The average molecular weight is 1770 g/mol. The normalized spacial score (nSPS) is 17.8. The van der Waals surface area contributed by atoms with Gasteiger partial charge in [-0.3, -0.25) is 0 Å². The van der Waals surface area contributed by atoms with Crippen molar-refractivity contribution in [1.29, 1.82) is 0 Å². The van der Waals surface area contributed by atoms with Crippen molar-refractivity contribution in [2.24, 2.45) is 0 Å². The van der Waals surface area contributed by atoms with E-state index in [0.717, 1.165) is 138 Å². The summed E-state index contributed by atoms with van der Waals surface area (Å²) in [4.78, 5) is 39.1. The van der Waals surface area contributed by atoms with Gasteiger partial charge in [0.15, 0.2) is 15.3 Å². The van der Waals surface area contributed by atoms with Crippen molar-refractivity contribution >= 4 is 148 Å². The monoisotopic (exact) mass is 1770 g/mol. The second kappa shape index (κ2) is 39.6. The van der Waals surface area contributed by atoms with E-state index >= 15 is 0 Å². The van der Waals surface area contributed by atoms with E-state index in [1.165, 1.54) is 134 Å². The Balaban J connectivity index is 0.000000126. The van der Waals surface area contributed by atoms with E-state index in [1.807, 2.05) is 70.5 Å². The van der Waals surface area contributed by atoms with E-state index in [9.17, 15) is 4.79 Å². The number of thiocarbonyl (C=S) groups is 3. The molecule has 4 aromatic heterocycles. The molecule has 22 heteroatoms. The number of morpholine rings is 1. The zero-order chi connectivity index (χ0) is 85.6. The molecule has 2 amide bonds. The zero-order valence-electron chi connectivity index (χ0n) is 71.9. The van der Waals surface area contributed by atoms with Crippen molar-refractivity contribution in [2.75, 3.05) is 66.1 Å². The first-order valence-electron chi connectivity index (χ1n) is 44.0. The number of nitrogens with one attached hydrogen (secondary N) is 7. The lowest BCUT2D eigenvalue weighted by molar-refractivity contribution is 0.0398. The van der Waals surface area contributed by atoms with Gasteiger partial charge in [0, 0.05) is 144 Å². The molecule has 5 aliphatic heterocycles. The van der Waals surface area contributed by atoms with Gasteiger partial charge in [-0.05, 0) is 259 Å². The summed E-state index contributed by atoms with van der Waals surface area (Å²) in [6, 6.07) is 60.2. The maximum atomic E-state index is 13.5. The van der Waals surface area contributed by atoms with Crippen LogP contribution in [-0.4, -0.2) is 144 Å². The summed E-state index contributed by atoms with van der Waals surface area (Å²) in [5.74, 6) is 2.35. The number of aromatic amines is 4. The number of hydrogen-bond acceptors (Lipinski definition) is 6. The summed E-state index contributed by atoms with van der Waals surface area (Å²) < 4.78 is 10.8. The van der Waals surface area contributed by atoms with Gasteiger partial charge in [-0.25, -0.2) is 4.79 Å². The molecule has 12 aromatic rings. The van der Waals surface area contributed by atoms with Gasteiger partial charge in [-0.15, -0.1) is 0 Å². The van der Waals surface area contributed by atoms with Crippen molar-refractivity contribution in [2.45, 2.75) is 193 Å². The van der Waals surface area contributed by atoms with Crippen LogP contribution in [0.2, 0.25) is 20.1 Å². The first-order chi connectivity index (χ1) is 59.0. The van der Waals surface area contributed by atoms with E-state index in [0.29, 0.717) is 62.7 Å². The third-order valence-corrected chi connectivity index (χ3v) is 27.3. The number of hydrogen-bond donors (Lipinski definition) is 7. The van der Waals surface area contributed by atoms with Crippen molar-refractivity contribution < 1.29 is 14.3 Å². The Hall–Kier alpha value is -8.82. The predicted octanol–water partition coefficient (Wildman–Crippen LogP) is 24.5. The van der Waals surface area contributed by atoms with Gasteiger partial charge in [0.2, 0.25) is 0 Å². The molecule has 7 N–H and O–H groups in total. The molecule has 1 aliphatic carbocycles. The Labute approximate surface area is 756 Å². The number of methoxy groups -OCH3 is 1. The third kappa shape index (κ3) is 19.5. The molecular formula is C100H116Cl4N12O3S3. The summed E-state index contributed by atoms with van der Waals surface area (Å²) in [7, 11) is 1.66. The van der Waals surface area contributed by atoms with Crippen LogP contribution in [0.15, 0.2) is 170 Å². The molecule has 4 atom stereocenters. The lowest BCUT2D eigenvalue weighted by Crippen LogP contribution is -2.51. The fourth-order valence-electron chi connectivity index (χ4n) is 18.7. The number of ether oxygens (including phenoxy) is 2. The van der Waals surface area contributed by atoms with Crippen molar-refractivity contribution in [1.82, 2.24) is 60.4 Å². The van der Waals surface area contributed by atoms with Crippen LogP contribution in [0.25, 0.3) is 43.6 Å². The van der Waals surface area contributed by atoms with Crippen LogP contribution >= 0.6 is 83.1 Å². The summed E-state index contributed by atoms with van der Waals surface area (Å²) in [5.41, 5.74) is 23.5. The number of nitrogens with zero attached hydrogens (tertiary/aromatic N) is 5. The number of amides is 2. The fraction of sp³-hybridized carbons (Fsp3) is 0.400. The van der Waals surface area contributed by atoms with E-state index < -0.39 is 0 Å². The molecule has 0 radical (unpaired) electrons. The number of rotatable bonds is 14. The highest BCUT2D eigenvalue weighted by molar-refractivity contribution is 7.80. The minimum atomic E-state index is -0.193. The number of aromatic nitrogens is 4. The predicted molar refractivity (Wildman–Crippen MR) is 518 cm³/mol. The van der Waals surface area contributed by atoms with Gasteiger partial charge in [-0.1, -0.05) is 212 Å². The minimum absolute atomic E-state index is 0.0569. The molecule has 1 saturated heterocycles. The van der Waals surface area contributed by atoms with Crippen LogP contribution < -0.4 is 20.7 Å². The number of unbranched alkanes of at least 4 members (excludes halogenated alkanes) is 2. The smallest absolute Gasteiger partial charge is 0.321 e. The Bertz CT molecular complexity index is 5670. The number of carbonyl (C=O) groups is 1. The summed E-state index contributed by atoms with van der Waals surface area (Å²) in [6.45, 7) is 26.5. The Morgan fingerprint density at radius 3 is 1.14 bits per heavy atom. The molecule has 640 valence electrons. The molecule has 8 aromatic carbocycles. The first kappa shape index (κ1) is 88.1. The summed E-state index contributed by atoms with van der Waals surface area (Å²) in [6.07, 6.45) is 13.6. The molecule has 15 nitrogen and oxygen atoms in total. The number of halogens is 4. The van der Waals surface area contributed by atoms with Gasteiger partial charge in [0.1, 0.15) is 5.75 Å². The zero-order valence-corrected chi connectivity index (χ0v) is 77.4. The van der Waals surface area contributed by atoms with E-state index in [-0.39, 0.29) is 30.2 Å². The molecule has 9 heterocycles. The second-order valence-corrected chi connectivity index (χ2v) is 37.6. The SMILES string of the molecule is CC(C)NC(=S)N1CCc2c([nH]c3ccc(Cl)cc23)C1c1ccc(C(C)C)cc1.CC(C)c1ccc(C2c3[nH]c4ccc(Cl)cc4c3CCN2C(=S)NC2CCCCC2)cc1.CCCCCNC(=S)N1CCc2c([nH]c3ccc(Cl)cc23)C1c1ccc(C(C)C)cc1.COc1ccc(C2c3[nH]c4ccc(Cl)cc4c3CCN2C(=O)N2CCOCC2)cc1. The number of carbonyl (C=O) groups excluding carboxylic acids is 1. The van der Waals surface area contributed by atoms with Gasteiger partial charge >= 0.3 is 6.03 Å². The fourth-order valence-corrected chi connectivity index (χ4v) is 20.5. The number of benzene rings is 8. The lowest BCUT2D eigenvalue weighted by atomic mass is 9.91. The van der Waals surface area contributed by atoms with Gasteiger partial charge in [0.25, 0.3) is 0 Å². The number of H-pyrrole nitrogens is 4. The minimum Gasteiger partial charge on any atom is -0.497 e. The summed E-state index contributed by atoms with van der Waals surface area (Å²) in [5, 5.41) is 21.1. The number of urea groups is 1. The highest BCUT2D eigenvalue weighted by Gasteiger charge is 2.40. The molecule has 1 saturated carbocycles. The number of fused-ring (bicyclic) bond motifs is 12. The Kier molecular flexibility index (Phi) is 28.6. The molecule has 0 bridgehead atoms. The van der Waals surface area contributed by atoms with Crippen LogP contribution in [-0.2, 0) is 30.4 Å². The van der Waals surface area contributed by atoms with E-state index in [4.69, 9.17) is 92.5 Å². The van der Waals surface area contributed by atoms with Gasteiger partial charge in [0.05, 0.1) is 44.5 Å². The average Bonchev–Trinajstić information content (AvgIpc) is 1.60. The molecule has 4 unspecified atom stereocenters. The standard InChI is InChI=1S/C27H32ClN3S.C26H32ClN3S.C24H28ClN3S.C23H24ClN3O3/c1-17(2)18-8-10-19(11-9-18)26-25-22(23-16-20(28)12-13-24(23)30-25)14-15-31(26)27(32)29-21-6-4-3-5-7-21;1-4-5-6-14-28-26(31)30-15-13-21-22-16-20(27)11-12-23(22)29-24(21)25(30)19-9-7-18(8-10-19)17(2)3;1-14(2)16-5-7-17(8-6-16)23-22-19(11-12-28(23)24(29)26-15(3)4)20-13-18(25)9-10-21(20)27-22;1-29-17-5-2-15(3-6-17)22-21-18(19-14-16(24)4-7-20(19)25-21)8-9-27(22)23(28)26-10-12-30-13-11-26/h8-13,16-17,21,26,30H,3-7,14-15H2,1-2H3,(H,29,32);7-12,16-17,25,29H,4-6,13-15H2,1-3H3,(H,28,31);5-10,13-15,23,27H,11-12H2,1-4H3,(H,26,29);2-7,14,22,25H,8-13H2,1H3. The Morgan fingerprint density at radius 2 is 0.787 bits per heavy atom. The Morgan fingerprint density at radius 1 is 0.443 bits per heavy atom. The van der Waals surface area contributed by atoms with E-state index in [2.05, 4.69) is 222 Å². The maximum Gasteiger partial charge on any atom is 0.321 e. The van der Waals surface area contributed by atoms with Crippen molar-refractivity contribution in [3.05, 3.63) is 274 Å². The lowest BCUT2D eigenvalue weighted by Gasteiger charge is -2.40. The summed E-state index contributed by atoms with van der Waals surface area (Å²) >= 11 is 42.9. The quantitative estimate of drug-likeness (QED) is 0.0410. The van der Waals surface area contributed by atoms with Crippen LogP contribution in [0, 0.1) is 0 Å².